The van der Waals surface area contributed by atoms with E-state index in [1.807, 2.05) is 11.8 Å². The third-order valence-corrected chi connectivity index (χ3v) is 8.04. The van der Waals surface area contributed by atoms with Crippen molar-refractivity contribution in [2.45, 2.75) is 64.1 Å². The van der Waals surface area contributed by atoms with Gasteiger partial charge in [0, 0.05) is 54.1 Å². The quantitative estimate of drug-likeness (QED) is 0.469. The van der Waals surface area contributed by atoms with Crippen molar-refractivity contribution in [2.75, 3.05) is 13.1 Å². The number of hydrogen-bond acceptors (Lipinski definition) is 5. The molecule has 8 heteroatoms. The van der Waals surface area contributed by atoms with Crippen molar-refractivity contribution in [1.82, 2.24) is 4.90 Å². The maximum Gasteiger partial charge on any atom is 0.339 e. The van der Waals surface area contributed by atoms with Gasteiger partial charge in [0.25, 0.3) is 0 Å². The summed E-state index contributed by atoms with van der Waals surface area (Å²) >= 11 is 0. The number of hydrogen-bond donors (Lipinski definition) is 1. The Kier molecular flexibility index (Phi) is 7.03. The molecule has 0 radical (unpaired) electrons. The summed E-state index contributed by atoms with van der Waals surface area (Å²) in [6.07, 6.45) is 4.97. The van der Waals surface area contributed by atoms with Gasteiger partial charge in [-0.2, -0.15) is 0 Å². The molecular formula is C29H31F2NO5. The molecule has 0 unspecified atom stereocenters. The van der Waals surface area contributed by atoms with Crippen molar-refractivity contribution < 1.29 is 27.8 Å². The number of nitrogens with zero attached hydrogens (tertiary/aromatic N) is 1. The molecule has 2 heterocycles. The largest absolute Gasteiger partial charge is 0.489 e. The Hall–Kier alpha value is -3.26. The summed E-state index contributed by atoms with van der Waals surface area (Å²) in [5.41, 5.74) is 0.619. The van der Waals surface area contributed by atoms with Gasteiger partial charge in [0.1, 0.15) is 29.6 Å². The average molecular weight is 512 g/mol. The molecular weight excluding hydrogens is 480 g/mol. The maximum absolute atomic E-state index is 13.9. The van der Waals surface area contributed by atoms with Crippen LogP contribution in [0.25, 0.3) is 11.0 Å². The number of benzene rings is 2. The SMILES string of the molecule is Cc1c(CCC(=O)N2CC[C@@]3(O)CCCC[C@H]3C2)c(=O)oc2cc(OCc3ccc(F)cc3F)ccc12. The molecule has 37 heavy (non-hydrogen) atoms. The van der Waals surface area contributed by atoms with Gasteiger partial charge in [-0.1, -0.05) is 12.8 Å². The van der Waals surface area contributed by atoms with Gasteiger partial charge in [0.2, 0.25) is 5.91 Å². The van der Waals surface area contributed by atoms with E-state index < -0.39 is 22.9 Å². The molecule has 1 saturated heterocycles. The lowest BCUT2D eigenvalue weighted by molar-refractivity contribution is -0.143. The van der Waals surface area contributed by atoms with Crippen molar-refractivity contribution in [3.8, 4) is 5.75 Å². The minimum Gasteiger partial charge on any atom is -0.489 e. The number of halogens is 2. The van der Waals surface area contributed by atoms with Gasteiger partial charge in [0.15, 0.2) is 0 Å². The highest BCUT2D eigenvalue weighted by atomic mass is 19.1. The zero-order valence-electron chi connectivity index (χ0n) is 20.9. The lowest BCUT2D eigenvalue weighted by Gasteiger charge is -2.47. The highest BCUT2D eigenvalue weighted by Crippen LogP contribution is 2.40. The predicted molar refractivity (Wildman–Crippen MR) is 134 cm³/mol. The van der Waals surface area contributed by atoms with E-state index in [9.17, 15) is 23.5 Å². The van der Waals surface area contributed by atoms with Gasteiger partial charge in [-0.3, -0.25) is 4.79 Å². The van der Waals surface area contributed by atoms with Gasteiger partial charge < -0.3 is 19.2 Å². The van der Waals surface area contributed by atoms with E-state index >= 15 is 0 Å². The Morgan fingerprint density at radius 2 is 2.03 bits per heavy atom. The van der Waals surface area contributed by atoms with Gasteiger partial charge in [-0.25, -0.2) is 13.6 Å². The van der Waals surface area contributed by atoms with Crippen molar-refractivity contribution in [2.24, 2.45) is 5.92 Å². The van der Waals surface area contributed by atoms with Crippen molar-refractivity contribution in [1.29, 1.82) is 0 Å². The Morgan fingerprint density at radius 3 is 2.84 bits per heavy atom. The fourth-order valence-electron chi connectivity index (χ4n) is 5.74. The number of piperidine rings is 1. The number of rotatable bonds is 6. The molecule has 1 saturated carbocycles. The summed E-state index contributed by atoms with van der Waals surface area (Å²) in [5.74, 6) is -0.851. The van der Waals surface area contributed by atoms with Crippen molar-refractivity contribution in [3.63, 3.8) is 0 Å². The van der Waals surface area contributed by atoms with Crippen LogP contribution in [0.15, 0.2) is 45.6 Å². The molecule has 0 bridgehead atoms. The summed E-state index contributed by atoms with van der Waals surface area (Å²) < 4.78 is 38.2. The normalized spacial score (nSPS) is 21.6. The second-order valence-corrected chi connectivity index (χ2v) is 10.3. The Labute approximate surface area is 213 Å². The van der Waals surface area contributed by atoms with E-state index in [4.69, 9.17) is 9.15 Å². The van der Waals surface area contributed by atoms with Gasteiger partial charge in [-0.15, -0.1) is 0 Å². The van der Waals surface area contributed by atoms with E-state index in [0.717, 1.165) is 48.8 Å². The predicted octanol–water partition coefficient (Wildman–Crippen LogP) is 5.04. The van der Waals surface area contributed by atoms with E-state index in [1.165, 1.54) is 6.07 Å². The first-order valence-electron chi connectivity index (χ1n) is 12.9. The highest BCUT2D eigenvalue weighted by Gasteiger charge is 2.43. The van der Waals surface area contributed by atoms with Crippen molar-refractivity contribution >= 4 is 16.9 Å². The summed E-state index contributed by atoms with van der Waals surface area (Å²) in [6.45, 7) is 2.85. The van der Waals surface area contributed by atoms with E-state index in [1.54, 1.807) is 18.2 Å². The maximum atomic E-state index is 13.9. The van der Waals surface area contributed by atoms with Crippen LogP contribution in [0.2, 0.25) is 0 Å². The first kappa shape index (κ1) is 25.4. The third-order valence-electron chi connectivity index (χ3n) is 8.04. The van der Waals surface area contributed by atoms with Crippen LogP contribution in [-0.2, 0) is 17.8 Å². The molecule has 3 aromatic rings. The van der Waals surface area contributed by atoms with Crippen molar-refractivity contribution in [3.05, 3.63) is 75.1 Å². The molecule has 1 aliphatic carbocycles. The Bertz CT molecular complexity index is 1390. The van der Waals surface area contributed by atoms with E-state index in [0.29, 0.717) is 36.4 Å². The number of likely N-dealkylation sites (tertiary alicyclic amines) is 1. The molecule has 2 aliphatic rings. The first-order valence-corrected chi connectivity index (χ1v) is 12.9. The molecule has 1 aromatic heterocycles. The van der Waals surface area contributed by atoms with Gasteiger partial charge in [0.05, 0.1) is 5.60 Å². The standard InChI is InChI=1S/C29H31F2NO5/c1-18-23-8-7-22(36-17-19-5-6-21(30)14-25(19)31)15-26(23)37-28(34)24(18)9-10-27(33)32-13-12-29(35)11-3-2-4-20(29)16-32/h5-8,14-15,20,35H,2-4,9-13,16-17H2,1H3/t20-,29-/m0/s1. The Balaban J connectivity index is 1.25. The summed E-state index contributed by atoms with van der Waals surface area (Å²) in [4.78, 5) is 27.6. The van der Waals surface area contributed by atoms with Crippen LogP contribution in [0.3, 0.4) is 0 Å². The number of carbonyl (C=O) groups is 1. The van der Waals surface area contributed by atoms with Crippen LogP contribution in [0.5, 0.6) is 5.75 Å². The minimum absolute atomic E-state index is 0.0108. The van der Waals surface area contributed by atoms with Gasteiger partial charge in [-0.05, 0) is 62.4 Å². The van der Waals surface area contributed by atoms with E-state index in [2.05, 4.69) is 0 Å². The number of fused-ring (bicyclic) bond motifs is 2. The van der Waals surface area contributed by atoms with E-state index in [-0.39, 0.29) is 36.8 Å². The fraction of sp³-hybridized carbons (Fsp3) is 0.448. The summed E-state index contributed by atoms with van der Waals surface area (Å²) in [5, 5.41) is 11.6. The number of aliphatic hydroxyl groups is 1. The monoisotopic (exact) mass is 511 g/mol. The Morgan fingerprint density at radius 1 is 1.19 bits per heavy atom. The van der Waals surface area contributed by atoms with Gasteiger partial charge >= 0.3 is 5.63 Å². The zero-order chi connectivity index (χ0) is 26.2. The zero-order valence-corrected chi connectivity index (χ0v) is 20.9. The fourth-order valence-corrected chi connectivity index (χ4v) is 5.74. The second kappa shape index (κ2) is 10.2. The van der Waals surface area contributed by atoms with Crippen LogP contribution < -0.4 is 10.4 Å². The smallest absolute Gasteiger partial charge is 0.339 e. The number of aryl methyl sites for hydroxylation is 1. The lowest BCUT2D eigenvalue weighted by Crippen LogP contribution is -2.54. The molecule has 2 atom stereocenters. The molecule has 0 spiro atoms. The lowest BCUT2D eigenvalue weighted by atomic mass is 9.71. The molecule has 5 rings (SSSR count). The molecule has 2 aromatic carbocycles. The summed E-state index contributed by atoms with van der Waals surface area (Å²) in [6, 6.07) is 8.32. The third kappa shape index (κ3) is 5.25. The molecule has 1 aliphatic heterocycles. The van der Waals surface area contributed by atoms with Crippen LogP contribution >= 0.6 is 0 Å². The molecule has 2 fully saturated rings. The first-order chi connectivity index (χ1) is 17.7. The van der Waals surface area contributed by atoms with Crippen LogP contribution in [0.4, 0.5) is 8.78 Å². The minimum atomic E-state index is -0.693. The average Bonchev–Trinajstić information content (AvgIpc) is 2.87. The molecule has 1 amide bonds. The summed E-state index contributed by atoms with van der Waals surface area (Å²) in [7, 11) is 0. The topological polar surface area (TPSA) is 80.0 Å². The highest BCUT2D eigenvalue weighted by molar-refractivity contribution is 5.83. The van der Waals surface area contributed by atoms with Crippen LogP contribution in [-0.4, -0.2) is 34.6 Å². The number of carbonyl (C=O) groups excluding carboxylic acids is 1. The number of amides is 1. The van der Waals surface area contributed by atoms with Crippen LogP contribution in [0, 0.1) is 24.5 Å². The molecule has 6 nitrogen and oxygen atoms in total. The second-order valence-electron chi connectivity index (χ2n) is 10.3. The number of ether oxygens (including phenoxy) is 1. The molecule has 1 N–H and O–H groups in total. The molecule has 196 valence electrons. The van der Waals surface area contributed by atoms with Crippen LogP contribution in [0.1, 0.15) is 55.2 Å².